The lowest BCUT2D eigenvalue weighted by atomic mass is 10.2. The van der Waals surface area contributed by atoms with Crippen LogP contribution in [0.3, 0.4) is 0 Å². The minimum atomic E-state index is -0.199. The van der Waals surface area contributed by atoms with E-state index in [0.717, 1.165) is 16.1 Å². The van der Waals surface area contributed by atoms with Gasteiger partial charge in [-0.1, -0.05) is 35.4 Å². The highest BCUT2D eigenvalue weighted by molar-refractivity contribution is 8.00. The molecule has 0 atom stereocenters. The number of carbonyl (C=O) groups excluding carboxylic acids is 2. The maximum Gasteiger partial charge on any atom is 0.243 e. The predicted molar refractivity (Wildman–Crippen MR) is 99.3 cm³/mol. The molecule has 126 valence electrons. The third-order valence-corrected chi connectivity index (χ3v) is 4.52. The number of anilines is 1. The second-order valence-electron chi connectivity index (χ2n) is 5.77. The van der Waals surface area contributed by atoms with Crippen LogP contribution in [-0.4, -0.2) is 36.1 Å². The lowest BCUT2D eigenvalue weighted by Gasteiger charge is -2.16. The molecule has 0 aliphatic rings. The first-order valence-electron chi connectivity index (χ1n) is 7.74. The Kier molecular flexibility index (Phi) is 6.44. The fourth-order valence-electron chi connectivity index (χ4n) is 2.03. The molecule has 0 heterocycles. The van der Waals surface area contributed by atoms with E-state index in [2.05, 4.69) is 5.32 Å². The van der Waals surface area contributed by atoms with E-state index in [1.54, 1.807) is 7.05 Å². The van der Waals surface area contributed by atoms with E-state index in [1.165, 1.54) is 22.2 Å². The van der Waals surface area contributed by atoms with Gasteiger partial charge in [0.05, 0.1) is 12.3 Å². The second kappa shape index (κ2) is 8.55. The van der Waals surface area contributed by atoms with Crippen molar-refractivity contribution in [2.24, 2.45) is 0 Å². The third-order valence-electron chi connectivity index (χ3n) is 3.53. The minimum absolute atomic E-state index is 0.0428. The standard InChI is InChI=1S/C19H22N2O2S/c1-14-4-8-16(9-5-14)20-18(22)12-21(3)19(23)13-24-17-10-6-15(2)7-11-17/h4-11H,12-13H2,1-3H3,(H,20,22). The number of hydrogen-bond acceptors (Lipinski definition) is 3. The molecule has 0 spiro atoms. The number of likely N-dealkylation sites (N-methyl/N-ethyl adjacent to an activating group) is 1. The summed E-state index contributed by atoms with van der Waals surface area (Å²) in [7, 11) is 1.65. The molecule has 4 nitrogen and oxygen atoms in total. The Labute approximate surface area is 147 Å². The highest BCUT2D eigenvalue weighted by atomic mass is 32.2. The topological polar surface area (TPSA) is 49.4 Å². The largest absolute Gasteiger partial charge is 0.336 e. The molecule has 0 radical (unpaired) electrons. The average Bonchev–Trinajstić information content (AvgIpc) is 2.56. The molecule has 2 rings (SSSR count). The summed E-state index contributed by atoms with van der Waals surface area (Å²) >= 11 is 1.48. The minimum Gasteiger partial charge on any atom is -0.336 e. The normalized spacial score (nSPS) is 10.3. The van der Waals surface area contributed by atoms with Gasteiger partial charge < -0.3 is 10.2 Å². The summed E-state index contributed by atoms with van der Waals surface area (Å²) in [6.45, 7) is 4.06. The maximum absolute atomic E-state index is 12.1. The van der Waals surface area contributed by atoms with Crippen LogP contribution in [0.15, 0.2) is 53.4 Å². The zero-order chi connectivity index (χ0) is 17.5. The van der Waals surface area contributed by atoms with Crippen LogP contribution < -0.4 is 5.32 Å². The summed E-state index contributed by atoms with van der Waals surface area (Å²) in [6, 6.07) is 15.6. The molecule has 24 heavy (non-hydrogen) atoms. The number of rotatable bonds is 6. The van der Waals surface area contributed by atoms with E-state index < -0.39 is 0 Å². The van der Waals surface area contributed by atoms with Crippen molar-refractivity contribution in [3.8, 4) is 0 Å². The molecule has 2 amide bonds. The molecule has 0 unspecified atom stereocenters. The van der Waals surface area contributed by atoms with Crippen molar-refractivity contribution >= 4 is 29.3 Å². The third kappa shape index (κ3) is 5.74. The van der Waals surface area contributed by atoms with Gasteiger partial charge in [0.25, 0.3) is 0 Å². The van der Waals surface area contributed by atoms with Crippen LogP contribution in [0.4, 0.5) is 5.69 Å². The van der Waals surface area contributed by atoms with Crippen LogP contribution in [0.25, 0.3) is 0 Å². The van der Waals surface area contributed by atoms with Gasteiger partial charge in [0.2, 0.25) is 11.8 Å². The van der Waals surface area contributed by atoms with Crippen molar-refractivity contribution < 1.29 is 9.59 Å². The van der Waals surface area contributed by atoms with Crippen molar-refractivity contribution in [1.29, 1.82) is 0 Å². The van der Waals surface area contributed by atoms with Gasteiger partial charge in [0.1, 0.15) is 0 Å². The van der Waals surface area contributed by atoms with Gasteiger partial charge in [-0.2, -0.15) is 0 Å². The lowest BCUT2D eigenvalue weighted by Crippen LogP contribution is -2.35. The second-order valence-corrected chi connectivity index (χ2v) is 6.81. The van der Waals surface area contributed by atoms with Gasteiger partial charge in [-0.3, -0.25) is 9.59 Å². The molecule has 0 fully saturated rings. The van der Waals surface area contributed by atoms with Gasteiger partial charge in [-0.25, -0.2) is 0 Å². The molecule has 0 saturated carbocycles. The zero-order valence-corrected chi connectivity index (χ0v) is 15.0. The number of nitrogens with zero attached hydrogens (tertiary/aromatic N) is 1. The van der Waals surface area contributed by atoms with Gasteiger partial charge in [-0.15, -0.1) is 11.8 Å². The summed E-state index contributed by atoms with van der Waals surface area (Å²) in [4.78, 5) is 26.6. The van der Waals surface area contributed by atoms with Gasteiger partial charge in [-0.05, 0) is 38.1 Å². The molecule has 0 bridgehead atoms. The molecule has 0 aromatic heterocycles. The van der Waals surface area contributed by atoms with Crippen LogP contribution in [0, 0.1) is 13.8 Å². The quantitative estimate of drug-likeness (QED) is 0.818. The molecule has 2 aromatic rings. The molecule has 1 N–H and O–H groups in total. The molecular formula is C19H22N2O2S. The summed E-state index contributed by atoms with van der Waals surface area (Å²) in [6.07, 6.45) is 0. The van der Waals surface area contributed by atoms with E-state index in [-0.39, 0.29) is 18.4 Å². The Morgan fingerprint density at radius 3 is 2.08 bits per heavy atom. The van der Waals surface area contributed by atoms with Crippen LogP contribution in [0.2, 0.25) is 0 Å². The number of amides is 2. The Hall–Kier alpha value is -2.27. The Bertz CT molecular complexity index is 696. The van der Waals surface area contributed by atoms with Crippen LogP contribution in [-0.2, 0) is 9.59 Å². The van der Waals surface area contributed by atoms with E-state index in [1.807, 2.05) is 62.4 Å². The van der Waals surface area contributed by atoms with E-state index in [0.29, 0.717) is 5.75 Å². The van der Waals surface area contributed by atoms with Crippen molar-refractivity contribution in [1.82, 2.24) is 4.90 Å². The van der Waals surface area contributed by atoms with Crippen molar-refractivity contribution in [2.75, 3.05) is 24.7 Å². The molecule has 5 heteroatoms. The average molecular weight is 342 g/mol. The fourth-order valence-corrected chi connectivity index (χ4v) is 2.87. The summed E-state index contributed by atoms with van der Waals surface area (Å²) < 4.78 is 0. The monoisotopic (exact) mass is 342 g/mol. The summed E-state index contributed by atoms with van der Waals surface area (Å²) in [5.41, 5.74) is 3.06. The van der Waals surface area contributed by atoms with E-state index >= 15 is 0 Å². The smallest absolute Gasteiger partial charge is 0.243 e. The fraction of sp³-hybridized carbons (Fsp3) is 0.263. The van der Waals surface area contributed by atoms with Crippen LogP contribution in [0.5, 0.6) is 0 Å². The molecule has 0 aliphatic heterocycles. The van der Waals surface area contributed by atoms with Crippen LogP contribution in [0.1, 0.15) is 11.1 Å². The Morgan fingerprint density at radius 2 is 1.50 bits per heavy atom. The number of thioether (sulfide) groups is 1. The first-order chi connectivity index (χ1) is 11.4. The van der Waals surface area contributed by atoms with Gasteiger partial charge >= 0.3 is 0 Å². The van der Waals surface area contributed by atoms with E-state index in [9.17, 15) is 9.59 Å². The summed E-state index contributed by atoms with van der Waals surface area (Å²) in [5.74, 6) is 0.0480. The first kappa shape index (κ1) is 18.1. The number of aryl methyl sites for hydroxylation is 2. The maximum atomic E-state index is 12.1. The zero-order valence-electron chi connectivity index (χ0n) is 14.2. The lowest BCUT2D eigenvalue weighted by molar-refractivity contribution is -0.131. The van der Waals surface area contributed by atoms with Crippen molar-refractivity contribution in [3.63, 3.8) is 0 Å². The highest BCUT2D eigenvalue weighted by Gasteiger charge is 2.13. The molecule has 0 aliphatic carbocycles. The highest BCUT2D eigenvalue weighted by Crippen LogP contribution is 2.18. The number of hydrogen-bond donors (Lipinski definition) is 1. The summed E-state index contributed by atoms with van der Waals surface area (Å²) in [5, 5.41) is 2.80. The van der Waals surface area contributed by atoms with Crippen LogP contribution >= 0.6 is 11.8 Å². The van der Waals surface area contributed by atoms with E-state index in [4.69, 9.17) is 0 Å². The first-order valence-corrected chi connectivity index (χ1v) is 8.72. The number of nitrogens with one attached hydrogen (secondary N) is 1. The SMILES string of the molecule is Cc1ccc(NC(=O)CN(C)C(=O)CSc2ccc(C)cc2)cc1. The predicted octanol–water partition coefficient (Wildman–Crippen LogP) is 3.49. The van der Waals surface area contributed by atoms with Crippen molar-refractivity contribution in [3.05, 3.63) is 59.7 Å². The number of benzene rings is 2. The van der Waals surface area contributed by atoms with Gasteiger partial charge in [0, 0.05) is 17.6 Å². The Morgan fingerprint density at radius 1 is 0.958 bits per heavy atom. The molecular weight excluding hydrogens is 320 g/mol. The van der Waals surface area contributed by atoms with Crippen molar-refractivity contribution in [2.45, 2.75) is 18.7 Å². The molecule has 0 saturated heterocycles. The van der Waals surface area contributed by atoms with Gasteiger partial charge in [0.15, 0.2) is 0 Å². The Balaban J connectivity index is 1.78. The molecule has 2 aromatic carbocycles. The number of carbonyl (C=O) groups is 2.